The van der Waals surface area contributed by atoms with Crippen molar-refractivity contribution < 1.29 is 4.79 Å². The van der Waals surface area contributed by atoms with Crippen LogP contribution in [0.4, 0.5) is 0 Å². The van der Waals surface area contributed by atoms with Crippen LogP contribution in [-0.4, -0.2) is 17.4 Å². The first-order valence-corrected chi connectivity index (χ1v) is 6.29. The van der Waals surface area contributed by atoms with Crippen molar-refractivity contribution in [3.05, 3.63) is 28.5 Å². The predicted octanol–water partition coefficient (Wildman–Crippen LogP) is 3.21. The first-order valence-electron chi connectivity index (χ1n) is 5.91. The normalized spacial score (nSPS) is 10.6. The smallest absolute Gasteiger partial charge is 0.251 e. The molecular formula is C13H19ClN2O. The van der Waals surface area contributed by atoms with Crippen LogP contribution >= 0.6 is 11.6 Å². The minimum atomic E-state index is -0.0823. The Morgan fingerprint density at radius 1 is 1.47 bits per heavy atom. The van der Waals surface area contributed by atoms with Gasteiger partial charge in [-0.1, -0.05) is 25.4 Å². The Labute approximate surface area is 108 Å². The lowest BCUT2D eigenvalue weighted by Crippen LogP contribution is -2.24. The summed E-state index contributed by atoms with van der Waals surface area (Å²) in [7, 11) is 0. The summed E-state index contributed by atoms with van der Waals surface area (Å²) in [6.45, 7) is 6.87. The minimum absolute atomic E-state index is 0.0823. The highest BCUT2D eigenvalue weighted by Gasteiger charge is 2.07. The van der Waals surface area contributed by atoms with E-state index in [1.54, 1.807) is 12.1 Å². The highest BCUT2D eigenvalue weighted by Crippen LogP contribution is 2.10. The number of nitrogens with one attached hydrogen (secondary N) is 1. The zero-order valence-electron chi connectivity index (χ0n) is 10.6. The van der Waals surface area contributed by atoms with Crippen molar-refractivity contribution in [1.29, 1.82) is 0 Å². The van der Waals surface area contributed by atoms with Crippen molar-refractivity contribution in [3.63, 3.8) is 0 Å². The molecule has 1 aromatic heterocycles. The molecule has 1 rings (SSSR count). The number of hydrogen-bond donors (Lipinski definition) is 1. The predicted molar refractivity (Wildman–Crippen MR) is 70.4 cm³/mol. The van der Waals surface area contributed by atoms with Gasteiger partial charge >= 0.3 is 0 Å². The van der Waals surface area contributed by atoms with E-state index in [2.05, 4.69) is 24.1 Å². The van der Waals surface area contributed by atoms with E-state index in [4.69, 9.17) is 11.6 Å². The average molecular weight is 255 g/mol. The summed E-state index contributed by atoms with van der Waals surface area (Å²) in [5.41, 5.74) is 1.33. The van der Waals surface area contributed by atoms with Gasteiger partial charge in [0.1, 0.15) is 5.15 Å². The van der Waals surface area contributed by atoms with Gasteiger partial charge in [-0.25, -0.2) is 4.98 Å². The summed E-state index contributed by atoms with van der Waals surface area (Å²) in [6, 6.07) is 3.33. The largest absolute Gasteiger partial charge is 0.352 e. The quantitative estimate of drug-likeness (QED) is 0.648. The molecule has 1 heterocycles. The van der Waals surface area contributed by atoms with Crippen molar-refractivity contribution in [2.24, 2.45) is 5.92 Å². The van der Waals surface area contributed by atoms with Crippen LogP contribution in [-0.2, 0) is 0 Å². The molecule has 0 aliphatic rings. The molecule has 17 heavy (non-hydrogen) atoms. The molecular weight excluding hydrogens is 236 g/mol. The molecule has 0 saturated heterocycles. The van der Waals surface area contributed by atoms with Crippen LogP contribution in [0, 0.1) is 12.8 Å². The van der Waals surface area contributed by atoms with E-state index in [0.717, 1.165) is 18.5 Å². The SMILES string of the molecule is Cc1cc(C(=O)NCCCC(C)C)cc(Cl)n1. The minimum Gasteiger partial charge on any atom is -0.352 e. The molecule has 0 aromatic carbocycles. The molecule has 94 valence electrons. The van der Waals surface area contributed by atoms with Crippen LogP contribution in [0.1, 0.15) is 42.7 Å². The third-order valence-electron chi connectivity index (χ3n) is 2.43. The van der Waals surface area contributed by atoms with Crippen LogP contribution in [0.3, 0.4) is 0 Å². The van der Waals surface area contributed by atoms with Crippen molar-refractivity contribution >= 4 is 17.5 Å². The summed E-state index contributed by atoms with van der Waals surface area (Å²) in [5.74, 6) is 0.589. The Morgan fingerprint density at radius 3 is 2.76 bits per heavy atom. The van der Waals surface area contributed by atoms with Crippen LogP contribution in [0.25, 0.3) is 0 Å². The standard InChI is InChI=1S/C13H19ClN2O/c1-9(2)5-4-6-15-13(17)11-7-10(3)16-12(14)8-11/h7-9H,4-6H2,1-3H3,(H,15,17). The lowest BCUT2D eigenvalue weighted by molar-refractivity contribution is 0.0952. The molecule has 0 aliphatic heterocycles. The van der Waals surface area contributed by atoms with E-state index in [9.17, 15) is 4.79 Å². The summed E-state index contributed by atoms with van der Waals surface area (Å²) in [4.78, 5) is 15.8. The van der Waals surface area contributed by atoms with E-state index in [0.29, 0.717) is 23.2 Å². The number of pyridine rings is 1. The fourth-order valence-corrected chi connectivity index (χ4v) is 1.82. The van der Waals surface area contributed by atoms with E-state index >= 15 is 0 Å². The van der Waals surface area contributed by atoms with Gasteiger partial charge < -0.3 is 5.32 Å². The van der Waals surface area contributed by atoms with Crippen LogP contribution in [0.2, 0.25) is 5.15 Å². The van der Waals surface area contributed by atoms with Crippen LogP contribution in [0.15, 0.2) is 12.1 Å². The van der Waals surface area contributed by atoms with Crippen molar-refractivity contribution in [3.8, 4) is 0 Å². The fourth-order valence-electron chi connectivity index (χ4n) is 1.57. The molecule has 0 radical (unpaired) electrons. The number of rotatable bonds is 5. The lowest BCUT2D eigenvalue weighted by atomic mass is 10.1. The van der Waals surface area contributed by atoms with Crippen molar-refractivity contribution in [2.45, 2.75) is 33.6 Å². The Hall–Kier alpha value is -1.09. The molecule has 3 nitrogen and oxygen atoms in total. The van der Waals surface area contributed by atoms with E-state index in [1.807, 2.05) is 6.92 Å². The summed E-state index contributed by atoms with van der Waals surface area (Å²) in [5, 5.41) is 3.24. The number of aryl methyl sites for hydroxylation is 1. The monoisotopic (exact) mass is 254 g/mol. The third-order valence-corrected chi connectivity index (χ3v) is 2.62. The third kappa shape index (κ3) is 5.18. The molecule has 0 aliphatic carbocycles. The van der Waals surface area contributed by atoms with Gasteiger partial charge in [0, 0.05) is 17.8 Å². The summed E-state index contributed by atoms with van der Waals surface area (Å²) in [6.07, 6.45) is 2.12. The topological polar surface area (TPSA) is 42.0 Å². The Balaban J connectivity index is 2.47. The van der Waals surface area contributed by atoms with Crippen LogP contribution in [0.5, 0.6) is 0 Å². The van der Waals surface area contributed by atoms with Gasteiger partial charge in [-0.15, -0.1) is 0 Å². The van der Waals surface area contributed by atoms with E-state index in [-0.39, 0.29) is 5.91 Å². The van der Waals surface area contributed by atoms with Crippen molar-refractivity contribution in [2.75, 3.05) is 6.54 Å². The summed E-state index contributed by atoms with van der Waals surface area (Å²) >= 11 is 5.81. The van der Waals surface area contributed by atoms with E-state index in [1.165, 1.54) is 0 Å². The maximum absolute atomic E-state index is 11.8. The van der Waals surface area contributed by atoms with Gasteiger partial charge in [-0.2, -0.15) is 0 Å². The molecule has 0 fully saturated rings. The number of halogens is 1. The molecule has 0 atom stereocenters. The molecule has 0 spiro atoms. The first-order chi connectivity index (χ1) is 7.99. The van der Waals surface area contributed by atoms with Gasteiger partial charge in [0.25, 0.3) is 5.91 Å². The van der Waals surface area contributed by atoms with E-state index < -0.39 is 0 Å². The molecule has 1 amide bonds. The van der Waals surface area contributed by atoms with Gasteiger partial charge in [-0.05, 0) is 37.8 Å². The Morgan fingerprint density at radius 2 is 2.18 bits per heavy atom. The summed E-state index contributed by atoms with van der Waals surface area (Å²) < 4.78 is 0. The zero-order valence-corrected chi connectivity index (χ0v) is 11.3. The highest BCUT2D eigenvalue weighted by atomic mass is 35.5. The number of nitrogens with zero attached hydrogens (tertiary/aromatic N) is 1. The fraction of sp³-hybridized carbons (Fsp3) is 0.538. The number of aromatic nitrogens is 1. The van der Waals surface area contributed by atoms with Gasteiger partial charge in [0.05, 0.1) is 0 Å². The Kier molecular flexibility index (Phi) is 5.42. The van der Waals surface area contributed by atoms with Gasteiger partial charge in [0.2, 0.25) is 0 Å². The van der Waals surface area contributed by atoms with Gasteiger partial charge in [0.15, 0.2) is 0 Å². The second-order valence-electron chi connectivity index (χ2n) is 4.61. The molecule has 0 saturated carbocycles. The molecule has 1 N–H and O–H groups in total. The number of carbonyl (C=O) groups excluding carboxylic acids is 1. The number of hydrogen-bond acceptors (Lipinski definition) is 2. The number of amides is 1. The molecule has 4 heteroatoms. The first kappa shape index (κ1) is 14.0. The Bertz CT molecular complexity index is 371. The number of carbonyl (C=O) groups is 1. The van der Waals surface area contributed by atoms with Crippen LogP contribution < -0.4 is 5.32 Å². The highest BCUT2D eigenvalue weighted by molar-refractivity contribution is 6.29. The maximum Gasteiger partial charge on any atom is 0.251 e. The van der Waals surface area contributed by atoms with Crippen molar-refractivity contribution in [1.82, 2.24) is 10.3 Å². The lowest BCUT2D eigenvalue weighted by Gasteiger charge is -2.07. The average Bonchev–Trinajstić information content (AvgIpc) is 2.22. The zero-order chi connectivity index (χ0) is 12.8. The maximum atomic E-state index is 11.8. The molecule has 1 aromatic rings. The van der Waals surface area contributed by atoms with Gasteiger partial charge in [-0.3, -0.25) is 4.79 Å². The second-order valence-corrected chi connectivity index (χ2v) is 5.00. The molecule has 0 bridgehead atoms. The second kappa shape index (κ2) is 6.60. The molecule has 0 unspecified atom stereocenters.